The fourth-order valence-corrected chi connectivity index (χ4v) is 3.93. The number of methoxy groups -OCH3 is 1. The number of esters is 1. The zero-order valence-electron chi connectivity index (χ0n) is 17.0. The van der Waals surface area contributed by atoms with Crippen molar-refractivity contribution in [3.05, 3.63) is 88.4 Å². The maximum Gasteiger partial charge on any atom is 0.343 e. The van der Waals surface area contributed by atoms with Gasteiger partial charge in [0.05, 0.1) is 28.5 Å². The molecule has 5 nitrogen and oxygen atoms in total. The lowest BCUT2D eigenvalue weighted by atomic mass is 10.1. The van der Waals surface area contributed by atoms with E-state index in [9.17, 15) is 10.1 Å². The molecule has 4 rings (SSSR count). The van der Waals surface area contributed by atoms with E-state index in [-0.39, 0.29) is 0 Å². The van der Waals surface area contributed by atoms with Crippen LogP contribution in [-0.4, -0.2) is 18.1 Å². The molecule has 0 unspecified atom stereocenters. The first-order valence-electron chi connectivity index (χ1n) is 9.52. The fraction of sp³-hybridized carbons (Fsp3) is 0.0800. The van der Waals surface area contributed by atoms with Gasteiger partial charge in [0, 0.05) is 0 Å². The number of ether oxygens (including phenoxy) is 2. The van der Waals surface area contributed by atoms with Gasteiger partial charge in [-0.1, -0.05) is 35.9 Å². The molecule has 0 aliphatic carbocycles. The second-order valence-corrected chi connectivity index (χ2v) is 7.85. The van der Waals surface area contributed by atoms with Crippen molar-refractivity contribution < 1.29 is 14.3 Å². The second kappa shape index (κ2) is 8.82. The Balaban J connectivity index is 1.61. The van der Waals surface area contributed by atoms with E-state index in [0.29, 0.717) is 27.6 Å². The van der Waals surface area contributed by atoms with Crippen LogP contribution in [0.3, 0.4) is 0 Å². The first-order valence-corrected chi connectivity index (χ1v) is 10.3. The van der Waals surface area contributed by atoms with Gasteiger partial charge in [0.15, 0.2) is 11.5 Å². The molecule has 0 aliphatic heterocycles. The number of thiazole rings is 1. The molecule has 0 bridgehead atoms. The highest BCUT2D eigenvalue weighted by Gasteiger charge is 2.14. The lowest BCUT2D eigenvalue weighted by molar-refractivity contribution is 0.0729. The quantitative estimate of drug-likeness (QED) is 0.226. The fourth-order valence-electron chi connectivity index (χ4n) is 3.00. The summed E-state index contributed by atoms with van der Waals surface area (Å²) in [7, 11) is 1.50. The minimum Gasteiger partial charge on any atom is -0.493 e. The van der Waals surface area contributed by atoms with Gasteiger partial charge in [0.1, 0.15) is 11.1 Å². The first kappa shape index (κ1) is 20.3. The minimum absolute atomic E-state index is 0.309. The van der Waals surface area contributed by atoms with Crippen LogP contribution >= 0.6 is 11.3 Å². The molecule has 0 amide bonds. The highest BCUT2D eigenvalue weighted by Crippen LogP contribution is 2.32. The van der Waals surface area contributed by atoms with Crippen molar-refractivity contribution in [2.24, 2.45) is 0 Å². The molecule has 152 valence electrons. The van der Waals surface area contributed by atoms with Crippen LogP contribution in [0.25, 0.3) is 21.9 Å². The van der Waals surface area contributed by atoms with Crippen LogP contribution < -0.4 is 9.47 Å². The predicted molar refractivity (Wildman–Crippen MR) is 122 cm³/mol. The molecule has 0 saturated carbocycles. The summed E-state index contributed by atoms with van der Waals surface area (Å²) in [6, 6.07) is 22.3. The van der Waals surface area contributed by atoms with Gasteiger partial charge in [-0.2, -0.15) is 5.26 Å². The van der Waals surface area contributed by atoms with E-state index in [1.165, 1.54) is 18.4 Å². The molecule has 3 aromatic carbocycles. The van der Waals surface area contributed by atoms with Crippen molar-refractivity contribution >= 4 is 39.2 Å². The number of benzene rings is 3. The van der Waals surface area contributed by atoms with Gasteiger partial charge in [-0.15, -0.1) is 11.3 Å². The molecule has 0 aliphatic rings. The molecule has 0 saturated heterocycles. The van der Waals surface area contributed by atoms with Crippen LogP contribution in [0.1, 0.15) is 26.5 Å². The summed E-state index contributed by atoms with van der Waals surface area (Å²) < 4.78 is 11.9. The van der Waals surface area contributed by atoms with E-state index in [4.69, 9.17) is 9.47 Å². The Bertz CT molecular complexity index is 1300. The van der Waals surface area contributed by atoms with Crippen LogP contribution in [0, 0.1) is 18.3 Å². The molecule has 0 radical (unpaired) electrons. The van der Waals surface area contributed by atoms with Crippen molar-refractivity contribution in [3.63, 3.8) is 0 Å². The molecule has 1 heterocycles. The molecular formula is C25H18N2O3S. The van der Waals surface area contributed by atoms with Crippen molar-refractivity contribution in [1.29, 1.82) is 5.26 Å². The summed E-state index contributed by atoms with van der Waals surface area (Å²) in [5, 5.41) is 10.3. The van der Waals surface area contributed by atoms with Crippen LogP contribution in [-0.2, 0) is 0 Å². The van der Waals surface area contributed by atoms with Gasteiger partial charge in [0.25, 0.3) is 0 Å². The van der Waals surface area contributed by atoms with Gasteiger partial charge < -0.3 is 9.47 Å². The number of allylic oxidation sites excluding steroid dienone is 1. The largest absolute Gasteiger partial charge is 0.493 e. The minimum atomic E-state index is -0.464. The highest BCUT2D eigenvalue weighted by atomic mass is 32.1. The van der Waals surface area contributed by atoms with Gasteiger partial charge in [-0.25, -0.2) is 9.78 Å². The summed E-state index contributed by atoms with van der Waals surface area (Å²) in [5.41, 5.74) is 3.57. The third kappa shape index (κ3) is 4.47. The number of rotatable bonds is 5. The van der Waals surface area contributed by atoms with Crippen LogP contribution in [0.4, 0.5) is 0 Å². The normalized spacial score (nSPS) is 11.2. The lowest BCUT2D eigenvalue weighted by Crippen LogP contribution is -2.09. The smallest absolute Gasteiger partial charge is 0.343 e. The summed E-state index contributed by atoms with van der Waals surface area (Å²) in [5.74, 6) is 0.244. The molecule has 0 N–H and O–H groups in total. The molecule has 0 atom stereocenters. The molecule has 0 fully saturated rings. The third-order valence-corrected chi connectivity index (χ3v) is 5.70. The third-order valence-electron chi connectivity index (χ3n) is 4.63. The maximum atomic E-state index is 12.4. The average Bonchev–Trinajstić information content (AvgIpc) is 3.22. The van der Waals surface area contributed by atoms with Gasteiger partial charge in [0.2, 0.25) is 0 Å². The number of hydrogen-bond acceptors (Lipinski definition) is 6. The first-order chi connectivity index (χ1) is 15.1. The summed E-state index contributed by atoms with van der Waals surface area (Å²) in [6.45, 7) is 1.95. The van der Waals surface area contributed by atoms with Crippen LogP contribution in [0.15, 0.2) is 66.7 Å². The standard InChI is InChI=1S/C25H18N2O3S/c1-16-7-10-18(11-8-16)25(28)30-21-12-9-17(14-22(21)29-2)13-19(15-26)24-27-20-5-3-4-6-23(20)31-24/h3-14H,1-2H3. The number of para-hydroxylation sites is 1. The van der Waals surface area contributed by atoms with E-state index in [1.807, 2.05) is 43.3 Å². The van der Waals surface area contributed by atoms with E-state index in [1.54, 1.807) is 36.4 Å². The maximum absolute atomic E-state index is 12.4. The summed E-state index contributed by atoms with van der Waals surface area (Å²) >= 11 is 1.47. The molecule has 1 aromatic heterocycles. The van der Waals surface area contributed by atoms with Crippen molar-refractivity contribution in [2.45, 2.75) is 6.92 Å². The monoisotopic (exact) mass is 426 g/mol. The van der Waals surface area contributed by atoms with Gasteiger partial charge in [-0.05, 0) is 55.0 Å². The number of hydrogen-bond donors (Lipinski definition) is 0. The Labute approximate surface area is 183 Å². The van der Waals surface area contributed by atoms with E-state index in [2.05, 4.69) is 11.1 Å². The Morgan fingerprint density at radius 2 is 1.84 bits per heavy atom. The number of carbonyl (C=O) groups is 1. The van der Waals surface area contributed by atoms with Crippen molar-refractivity contribution in [3.8, 4) is 17.6 Å². The lowest BCUT2D eigenvalue weighted by Gasteiger charge is -2.10. The van der Waals surface area contributed by atoms with E-state index < -0.39 is 5.97 Å². The predicted octanol–water partition coefficient (Wildman–Crippen LogP) is 5.90. The Kier molecular flexibility index (Phi) is 5.78. The number of nitriles is 1. The zero-order valence-corrected chi connectivity index (χ0v) is 17.8. The summed E-state index contributed by atoms with van der Waals surface area (Å²) in [6.07, 6.45) is 1.74. The average molecular weight is 426 g/mol. The Hall–Kier alpha value is -3.95. The Morgan fingerprint density at radius 3 is 2.55 bits per heavy atom. The number of nitrogens with zero attached hydrogens (tertiary/aromatic N) is 2. The van der Waals surface area contributed by atoms with Crippen molar-refractivity contribution in [1.82, 2.24) is 4.98 Å². The number of aromatic nitrogens is 1. The zero-order chi connectivity index (χ0) is 21.8. The summed E-state index contributed by atoms with van der Waals surface area (Å²) in [4.78, 5) is 17.0. The highest BCUT2D eigenvalue weighted by molar-refractivity contribution is 7.19. The molecule has 6 heteroatoms. The topological polar surface area (TPSA) is 72.2 Å². The number of fused-ring (bicyclic) bond motifs is 1. The molecule has 4 aromatic rings. The number of carbonyl (C=O) groups excluding carboxylic acids is 1. The van der Waals surface area contributed by atoms with Gasteiger partial charge in [-0.3, -0.25) is 0 Å². The van der Waals surface area contributed by atoms with Crippen LogP contribution in [0.2, 0.25) is 0 Å². The van der Waals surface area contributed by atoms with Crippen LogP contribution in [0.5, 0.6) is 11.5 Å². The van der Waals surface area contributed by atoms with Crippen molar-refractivity contribution in [2.75, 3.05) is 7.11 Å². The Morgan fingerprint density at radius 1 is 1.06 bits per heavy atom. The molecule has 31 heavy (non-hydrogen) atoms. The molecular weight excluding hydrogens is 408 g/mol. The van der Waals surface area contributed by atoms with E-state index in [0.717, 1.165) is 21.3 Å². The SMILES string of the molecule is COc1cc(C=C(C#N)c2nc3ccccc3s2)ccc1OC(=O)c1ccc(C)cc1. The number of aryl methyl sites for hydroxylation is 1. The van der Waals surface area contributed by atoms with E-state index >= 15 is 0 Å². The second-order valence-electron chi connectivity index (χ2n) is 6.82. The van der Waals surface area contributed by atoms with Gasteiger partial charge >= 0.3 is 5.97 Å². The molecule has 0 spiro atoms.